The number of hydrogen-bond donors (Lipinski definition) is 2. The predicted octanol–water partition coefficient (Wildman–Crippen LogP) is 3.86. The number of nitrogens with zero attached hydrogens (tertiary/aromatic N) is 1. The molecule has 22 heavy (non-hydrogen) atoms. The number of rotatable bonds is 4. The monoisotopic (exact) mass is 348 g/mol. The number of pyridine rings is 1. The van der Waals surface area contributed by atoms with Crippen LogP contribution in [0.1, 0.15) is 16.7 Å². The van der Waals surface area contributed by atoms with E-state index < -0.39 is 11.7 Å². The summed E-state index contributed by atoms with van der Waals surface area (Å²) in [5, 5.41) is 9.26. The minimum absolute atomic E-state index is 0.0269. The van der Waals surface area contributed by atoms with Crippen LogP contribution >= 0.6 is 23.4 Å². The van der Waals surface area contributed by atoms with Crippen LogP contribution in [-0.2, 0) is 19.3 Å². The molecule has 3 nitrogen and oxygen atoms in total. The summed E-state index contributed by atoms with van der Waals surface area (Å²) in [6.45, 7) is -0.308. The number of aliphatic hydroxyl groups is 1. The highest BCUT2D eigenvalue weighted by Gasteiger charge is 2.32. The third kappa shape index (κ3) is 3.73. The molecule has 0 aliphatic rings. The number of hydrogen-bond acceptors (Lipinski definition) is 4. The summed E-state index contributed by atoms with van der Waals surface area (Å²) in [5.74, 6) is 0. The van der Waals surface area contributed by atoms with Crippen molar-refractivity contribution in [2.45, 2.75) is 29.1 Å². The summed E-state index contributed by atoms with van der Waals surface area (Å²) in [6, 6.07) is 3.53. The van der Waals surface area contributed by atoms with Gasteiger partial charge in [-0.1, -0.05) is 23.4 Å². The maximum absolute atomic E-state index is 12.8. The van der Waals surface area contributed by atoms with Gasteiger partial charge in [0, 0.05) is 34.3 Å². The SMILES string of the molecule is NCc1cc(C(F)(F)F)cc(Cl)c1Sc1ccncc1CO. The molecule has 0 fully saturated rings. The van der Waals surface area contributed by atoms with E-state index in [0.717, 1.165) is 23.9 Å². The van der Waals surface area contributed by atoms with Crippen LogP contribution in [0.5, 0.6) is 0 Å². The smallest absolute Gasteiger partial charge is 0.392 e. The Balaban J connectivity index is 2.47. The molecule has 0 aliphatic carbocycles. The number of aliphatic hydroxyl groups excluding tert-OH is 1. The van der Waals surface area contributed by atoms with Crippen molar-refractivity contribution in [3.63, 3.8) is 0 Å². The second-order valence-corrected chi connectivity index (χ2v) is 5.85. The molecule has 0 saturated carbocycles. The van der Waals surface area contributed by atoms with Crippen LogP contribution in [0.15, 0.2) is 40.4 Å². The van der Waals surface area contributed by atoms with Gasteiger partial charge in [0.1, 0.15) is 0 Å². The summed E-state index contributed by atoms with van der Waals surface area (Å²) >= 11 is 7.17. The van der Waals surface area contributed by atoms with Crippen LogP contribution in [0.2, 0.25) is 5.02 Å². The predicted molar refractivity (Wildman–Crippen MR) is 78.6 cm³/mol. The highest BCUT2D eigenvalue weighted by Crippen LogP contribution is 2.41. The van der Waals surface area contributed by atoms with Crippen molar-refractivity contribution in [1.29, 1.82) is 0 Å². The van der Waals surface area contributed by atoms with Crippen molar-refractivity contribution in [2.75, 3.05) is 0 Å². The van der Waals surface area contributed by atoms with Gasteiger partial charge in [0.15, 0.2) is 0 Å². The molecule has 1 aromatic carbocycles. The summed E-state index contributed by atoms with van der Waals surface area (Å²) in [5.41, 5.74) is 5.58. The Morgan fingerprint density at radius 2 is 2.00 bits per heavy atom. The van der Waals surface area contributed by atoms with Gasteiger partial charge in [-0.25, -0.2) is 0 Å². The van der Waals surface area contributed by atoms with Gasteiger partial charge in [0.2, 0.25) is 0 Å². The number of nitrogens with two attached hydrogens (primary N) is 1. The van der Waals surface area contributed by atoms with Crippen molar-refractivity contribution in [2.24, 2.45) is 5.73 Å². The fourth-order valence-corrected chi connectivity index (χ4v) is 3.20. The molecule has 2 rings (SSSR count). The van der Waals surface area contributed by atoms with E-state index in [9.17, 15) is 18.3 Å². The van der Waals surface area contributed by atoms with Gasteiger partial charge in [0.05, 0.1) is 17.2 Å². The zero-order valence-corrected chi connectivity index (χ0v) is 12.8. The molecule has 0 unspecified atom stereocenters. The molecular weight excluding hydrogens is 337 g/mol. The Hall–Kier alpha value is -1.28. The lowest BCUT2D eigenvalue weighted by molar-refractivity contribution is -0.137. The summed E-state index contributed by atoms with van der Waals surface area (Å²) in [7, 11) is 0. The molecule has 0 spiro atoms. The van der Waals surface area contributed by atoms with Crippen molar-refractivity contribution in [3.8, 4) is 0 Å². The second-order valence-electron chi connectivity index (χ2n) is 4.39. The lowest BCUT2D eigenvalue weighted by atomic mass is 10.1. The molecule has 8 heteroatoms. The quantitative estimate of drug-likeness (QED) is 0.881. The lowest BCUT2D eigenvalue weighted by Crippen LogP contribution is -2.08. The van der Waals surface area contributed by atoms with Gasteiger partial charge in [-0.2, -0.15) is 13.2 Å². The fraction of sp³-hybridized carbons (Fsp3) is 0.214. The topological polar surface area (TPSA) is 59.1 Å². The first-order chi connectivity index (χ1) is 10.4. The van der Waals surface area contributed by atoms with E-state index in [2.05, 4.69) is 4.98 Å². The van der Waals surface area contributed by atoms with Gasteiger partial charge < -0.3 is 10.8 Å². The molecule has 2 aromatic rings. The molecule has 0 amide bonds. The van der Waals surface area contributed by atoms with Gasteiger partial charge in [-0.15, -0.1) is 0 Å². The first-order valence-electron chi connectivity index (χ1n) is 6.18. The van der Waals surface area contributed by atoms with Crippen LogP contribution in [0.25, 0.3) is 0 Å². The first-order valence-corrected chi connectivity index (χ1v) is 7.37. The number of aromatic nitrogens is 1. The third-order valence-electron chi connectivity index (χ3n) is 2.91. The van der Waals surface area contributed by atoms with E-state index in [-0.39, 0.29) is 18.2 Å². The fourth-order valence-electron chi connectivity index (χ4n) is 1.82. The van der Waals surface area contributed by atoms with Gasteiger partial charge in [0.25, 0.3) is 0 Å². The third-order valence-corrected chi connectivity index (χ3v) is 4.62. The van der Waals surface area contributed by atoms with E-state index in [4.69, 9.17) is 17.3 Å². The molecule has 0 aliphatic heterocycles. The van der Waals surface area contributed by atoms with Crippen LogP contribution < -0.4 is 5.73 Å². The summed E-state index contributed by atoms with van der Waals surface area (Å²) in [4.78, 5) is 4.99. The van der Waals surface area contributed by atoms with Crippen molar-refractivity contribution >= 4 is 23.4 Å². The normalized spacial score (nSPS) is 11.7. The zero-order valence-electron chi connectivity index (χ0n) is 11.2. The van der Waals surface area contributed by atoms with Crippen molar-refractivity contribution in [3.05, 3.63) is 52.3 Å². The molecule has 1 heterocycles. The van der Waals surface area contributed by atoms with E-state index in [1.165, 1.54) is 12.4 Å². The Morgan fingerprint density at radius 3 is 2.59 bits per heavy atom. The molecule has 3 N–H and O–H groups in total. The maximum Gasteiger partial charge on any atom is 0.416 e. The molecule has 0 bridgehead atoms. The van der Waals surface area contributed by atoms with Crippen LogP contribution in [0.4, 0.5) is 13.2 Å². The van der Waals surface area contributed by atoms with E-state index in [1.54, 1.807) is 6.07 Å². The van der Waals surface area contributed by atoms with Gasteiger partial charge in [-0.05, 0) is 23.8 Å². The molecule has 1 aromatic heterocycles. The van der Waals surface area contributed by atoms with Gasteiger partial charge in [-0.3, -0.25) is 4.98 Å². The number of halogens is 4. The molecule has 0 atom stereocenters. The number of alkyl halides is 3. The Morgan fingerprint density at radius 1 is 1.27 bits per heavy atom. The largest absolute Gasteiger partial charge is 0.416 e. The van der Waals surface area contributed by atoms with E-state index >= 15 is 0 Å². The maximum atomic E-state index is 12.8. The van der Waals surface area contributed by atoms with E-state index in [0.29, 0.717) is 20.9 Å². The van der Waals surface area contributed by atoms with Crippen LogP contribution in [-0.4, -0.2) is 10.1 Å². The minimum Gasteiger partial charge on any atom is -0.392 e. The summed E-state index contributed by atoms with van der Waals surface area (Å²) < 4.78 is 38.4. The van der Waals surface area contributed by atoms with E-state index in [1.807, 2.05) is 0 Å². The minimum atomic E-state index is -4.48. The average molecular weight is 349 g/mol. The Labute approximate surface area is 134 Å². The zero-order chi connectivity index (χ0) is 16.3. The summed E-state index contributed by atoms with van der Waals surface area (Å²) in [6.07, 6.45) is -1.46. The van der Waals surface area contributed by atoms with Crippen LogP contribution in [0.3, 0.4) is 0 Å². The second kappa shape index (κ2) is 6.87. The molecule has 0 saturated heterocycles. The number of benzene rings is 1. The lowest BCUT2D eigenvalue weighted by Gasteiger charge is -2.15. The average Bonchev–Trinajstić information content (AvgIpc) is 2.48. The standard InChI is InChI=1S/C14H12ClF3N2OS/c15-11-4-10(14(16,17)18)3-8(5-19)13(11)22-12-1-2-20-6-9(12)7-21/h1-4,6,21H,5,7,19H2. The van der Waals surface area contributed by atoms with Gasteiger partial charge >= 0.3 is 6.18 Å². The highest BCUT2D eigenvalue weighted by atomic mass is 35.5. The first kappa shape index (κ1) is 17.1. The van der Waals surface area contributed by atoms with Crippen molar-refractivity contribution < 1.29 is 18.3 Å². The van der Waals surface area contributed by atoms with Crippen molar-refractivity contribution in [1.82, 2.24) is 4.98 Å². The van der Waals surface area contributed by atoms with Crippen LogP contribution in [0, 0.1) is 0 Å². The molecule has 0 radical (unpaired) electrons. The Bertz CT molecular complexity index is 680. The molecular formula is C14H12ClF3N2OS. The highest BCUT2D eigenvalue weighted by molar-refractivity contribution is 7.99. The Kier molecular flexibility index (Phi) is 5.33. The molecule has 118 valence electrons.